The number of hydrogen-bond acceptors (Lipinski definition) is 3. The molecule has 0 saturated heterocycles. The summed E-state index contributed by atoms with van der Waals surface area (Å²) in [5.74, 6) is 1.37. The molecule has 3 rings (SSSR count). The zero-order chi connectivity index (χ0) is 16.9. The summed E-state index contributed by atoms with van der Waals surface area (Å²) < 4.78 is 11.9. The molecule has 1 unspecified atom stereocenters. The van der Waals surface area contributed by atoms with Gasteiger partial charge in [0.2, 0.25) is 0 Å². The Bertz CT molecular complexity index is 704. The van der Waals surface area contributed by atoms with Gasteiger partial charge < -0.3 is 14.9 Å². The lowest BCUT2D eigenvalue weighted by Crippen LogP contribution is -2.33. The molecular formula is C20H27NO3. The van der Waals surface area contributed by atoms with Crippen molar-refractivity contribution in [2.45, 2.75) is 70.8 Å². The number of carbonyl (C=O) groups excluding carboxylic acids is 1. The van der Waals surface area contributed by atoms with Gasteiger partial charge in [0.25, 0.3) is 5.91 Å². The van der Waals surface area contributed by atoms with E-state index in [0.717, 1.165) is 37.0 Å². The van der Waals surface area contributed by atoms with Crippen LogP contribution in [0.2, 0.25) is 0 Å². The summed E-state index contributed by atoms with van der Waals surface area (Å²) in [7, 11) is 0. The number of carbonyl (C=O) groups is 1. The topological polar surface area (TPSA) is 65.5 Å². The van der Waals surface area contributed by atoms with E-state index in [1.54, 1.807) is 0 Å². The Morgan fingerprint density at radius 2 is 2.08 bits per heavy atom. The van der Waals surface area contributed by atoms with Crippen molar-refractivity contribution in [1.29, 1.82) is 0 Å². The van der Waals surface area contributed by atoms with Crippen LogP contribution in [0, 0.1) is 0 Å². The number of rotatable bonds is 8. The van der Waals surface area contributed by atoms with Crippen molar-refractivity contribution in [2.75, 3.05) is 0 Å². The lowest BCUT2D eigenvalue weighted by molar-refractivity contribution is -0.125. The lowest BCUT2D eigenvalue weighted by Gasteiger charge is -2.16. The van der Waals surface area contributed by atoms with E-state index >= 15 is 0 Å². The molecule has 1 atom stereocenters. The Labute approximate surface area is 143 Å². The maximum Gasteiger partial charge on any atom is 0.258 e. The number of nitrogens with two attached hydrogens (primary N) is 1. The van der Waals surface area contributed by atoms with Gasteiger partial charge in [-0.1, -0.05) is 26.2 Å². The second-order valence-electron chi connectivity index (χ2n) is 6.73. The largest absolute Gasteiger partial charge is 0.480 e. The maximum absolute atomic E-state index is 11.7. The summed E-state index contributed by atoms with van der Waals surface area (Å²) >= 11 is 0. The highest BCUT2D eigenvalue weighted by molar-refractivity contribution is 5.84. The summed E-state index contributed by atoms with van der Waals surface area (Å²) in [5, 5.41) is 1.18. The SMILES string of the molecule is CCCCCCC(Oc1ccc2c3c(oc2c1)CCCC3)C(N)=O. The minimum Gasteiger partial charge on any atom is -0.480 e. The molecule has 4 heteroatoms. The molecule has 130 valence electrons. The van der Waals surface area contributed by atoms with Crippen molar-refractivity contribution in [3.05, 3.63) is 29.5 Å². The Kier molecular flexibility index (Phi) is 5.44. The first-order valence-electron chi connectivity index (χ1n) is 9.19. The normalized spacial score (nSPS) is 15.2. The molecule has 24 heavy (non-hydrogen) atoms. The van der Waals surface area contributed by atoms with Crippen LogP contribution in [-0.2, 0) is 17.6 Å². The molecule has 2 N–H and O–H groups in total. The van der Waals surface area contributed by atoms with Crippen LogP contribution in [0.25, 0.3) is 11.0 Å². The third-order valence-electron chi connectivity index (χ3n) is 4.84. The highest BCUT2D eigenvalue weighted by Crippen LogP contribution is 2.34. The van der Waals surface area contributed by atoms with Gasteiger partial charge in [0, 0.05) is 23.4 Å². The van der Waals surface area contributed by atoms with Crippen LogP contribution in [0.3, 0.4) is 0 Å². The Morgan fingerprint density at radius 1 is 1.25 bits per heavy atom. The monoisotopic (exact) mass is 329 g/mol. The van der Waals surface area contributed by atoms with E-state index in [4.69, 9.17) is 14.9 Å². The number of furan rings is 1. The highest BCUT2D eigenvalue weighted by atomic mass is 16.5. The number of fused-ring (bicyclic) bond motifs is 3. The second kappa shape index (κ2) is 7.73. The van der Waals surface area contributed by atoms with Gasteiger partial charge >= 0.3 is 0 Å². The molecule has 0 aliphatic heterocycles. The molecule has 0 radical (unpaired) electrons. The van der Waals surface area contributed by atoms with Gasteiger partial charge in [-0.3, -0.25) is 4.79 Å². The summed E-state index contributed by atoms with van der Waals surface area (Å²) in [6.07, 6.45) is 9.03. The van der Waals surface area contributed by atoms with Crippen LogP contribution in [0.15, 0.2) is 22.6 Å². The molecule has 1 aromatic heterocycles. The van der Waals surface area contributed by atoms with Crippen molar-refractivity contribution in [3.63, 3.8) is 0 Å². The summed E-state index contributed by atoms with van der Waals surface area (Å²) in [6, 6.07) is 5.87. The number of aryl methyl sites for hydroxylation is 2. The van der Waals surface area contributed by atoms with Crippen LogP contribution in [0.1, 0.15) is 63.2 Å². The predicted octanol–water partition coefficient (Wildman–Crippen LogP) is 4.51. The van der Waals surface area contributed by atoms with Crippen molar-refractivity contribution in [1.82, 2.24) is 0 Å². The zero-order valence-corrected chi connectivity index (χ0v) is 14.5. The summed E-state index contributed by atoms with van der Waals surface area (Å²) in [5.41, 5.74) is 7.70. The number of hydrogen-bond donors (Lipinski definition) is 1. The van der Waals surface area contributed by atoms with E-state index in [0.29, 0.717) is 12.2 Å². The van der Waals surface area contributed by atoms with Crippen LogP contribution in [-0.4, -0.2) is 12.0 Å². The van der Waals surface area contributed by atoms with E-state index in [1.807, 2.05) is 18.2 Å². The van der Waals surface area contributed by atoms with Crippen LogP contribution in [0.5, 0.6) is 5.75 Å². The second-order valence-corrected chi connectivity index (χ2v) is 6.73. The third kappa shape index (κ3) is 3.74. The van der Waals surface area contributed by atoms with E-state index < -0.39 is 12.0 Å². The molecule has 0 spiro atoms. The fraction of sp³-hybridized carbons (Fsp3) is 0.550. The van der Waals surface area contributed by atoms with Gasteiger partial charge in [-0.05, 0) is 44.2 Å². The summed E-state index contributed by atoms with van der Waals surface area (Å²) in [6.45, 7) is 2.17. The summed E-state index contributed by atoms with van der Waals surface area (Å²) in [4.78, 5) is 11.7. The first-order valence-corrected chi connectivity index (χ1v) is 9.19. The molecule has 1 aromatic carbocycles. The Hall–Kier alpha value is -1.97. The number of ether oxygens (including phenoxy) is 1. The first-order chi connectivity index (χ1) is 11.7. The van der Waals surface area contributed by atoms with E-state index in [9.17, 15) is 4.79 Å². The molecule has 0 saturated carbocycles. The van der Waals surface area contributed by atoms with Gasteiger partial charge in [-0.2, -0.15) is 0 Å². The standard InChI is InChI=1S/C20H27NO3/c1-2-3-4-5-10-18(20(21)22)23-14-11-12-16-15-8-6-7-9-17(15)24-19(16)13-14/h11-13,18H,2-10H2,1H3,(H2,21,22). The zero-order valence-electron chi connectivity index (χ0n) is 14.5. The third-order valence-corrected chi connectivity index (χ3v) is 4.84. The van der Waals surface area contributed by atoms with Gasteiger partial charge in [-0.25, -0.2) is 0 Å². The Morgan fingerprint density at radius 3 is 2.88 bits per heavy atom. The lowest BCUT2D eigenvalue weighted by atomic mass is 9.96. The average molecular weight is 329 g/mol. The minimum absolute atomic E-state index is 0.398. The smallest absolute Gasteiger partial charge is 0.258 e. The number of benzene rings is 1. The fourth-order valence-corrected chi connectivity index (χ4v) is 3.50. The van der Waals surface area contributed by atoms with Crippen molar-refractivity contribution < 1.29 is 13.9 Å². The van der Waals surface area contributed by atoms with Crippen LogP contribution in [0.4, 0.5) is 0 Å². The predicted molar refractivity (Wildman–Crippen MR) is 95.2 cm³/mol. The van der Waals surface area contributed by atoms with E-state index in [2.05, 4.69) is 6.92 Å². The van der Waals surface area contributed by atoms with Gasteiger partial charge in [0.1, 0.15) is 17.1 Å². The molecule has 1 aliphatic rings. The van der Waals surface area contributed by atoms with Gasteiger partial charge in [0.15, 0.2) is 6.10 Å². The highest BCUT2D eigenvalue weighted by Gasteiger charge is 2.20. The molecule has 0 bridgehead atoms. The number of unbranched alkanes of at least 4 members (excludes halogenated alkanes) is 3. The van der Waals surface area contributed by atoms with Crippen molar-refractivity contribution in [2.24, 2.45) is 5.73 Å². The average Bonchev–Trinajstić information content (AvgIpc) is 2.95. The number of amides is 1. The minimum atomic E-state index is -0.566. The van der Waals surface area contributed by atoms with Gasteiger partial charge in [0.05, 0.1) is 0 Å². The maximum atomic E-state index is 11.7. The quantitative estimate of drug-likeness (QED) is 0.724. The molecule has 4 nitrogen and oxygen atoms in total. The molecule has 2 aromatic rings. The molecule has 1 aliphatic carbocycles. The van der Waals surface area contributed by atoms with Gasteiger partial charge in [-0.15, -0.1) is 0 Å². The molecule has 0 fully saturated rings. The van der Waals surface area contributed by atoms with Crippen molar-refractivity contribution in [3.8, 4) is 5.75 Å². The van der Waals surface area contributed by atoms with E-state index in [-0.39, 0.29) is 0 Å². The van der Waals surface area contributed by atoms with Crippen LogP contribution < -0.4 is 10.5 Å². The Balaban J connectivity index is 1.72. The number of primary amides is 1. The van der Waals surface area contributed by atoms with E-state index in [1.165, 1.54) is 36.6 Å². The van der Waals surface area contributed by atoms with Crippen molar-refractivity contribution >= 4 is 16.9 Å². The molecular weight excluding hydrogens is 302 g/mol. The molecule has 1 amide bonds. The first kappa shape index (κ1) is 16.9. The fourth-order valence-electron chi connectivity index (χ4n) is 3.50. The molecule has 1 heterocycles. The van der Waals surface area contributed by atoms with Crippen LogP contribution >= 0.6 is 0 Å².